The molecule has 0 bridgehead atoms. The number of benzene rings is 7. The van der Waals surface area contributed by atoms with Crippen molar-refractivity contribution in [2.45, 2.75) is 12.3 Å². The van der Waals surface area contributed by atoms with E-state index in [1.807, 2.05) is 0 Å². The number of fused-ring (bicyclic) bond motifs is 6. The van der Waals surface area contributed by atoms with Gasteiger partial charge >= 0.3 is 0 Å². The smallest absolute Gasteiger partial charge is 0.0713 e. The minimum Gasteiger partial charge on any atom is -0.309 e. The third kappa shape index (κ3) is 3.74. The first-order chi connectivity index (χ1) is 22.2. The first kappa shape index (κ1) is 25.8. The number of rotatable bonds is 4. The molecule has 8 aromatic rings. The molecule has 0 unspecified atom stereocenters. The SMILES string of the molecule is Cc1cccc(-c2ccc3c4ccccc4n(-c4ccc5c(c4)-c4ccccc4C5(c4ccccc4)c4ccccc4)c3c2)c1. The van der Waals surface area contributed by atoms with E-state index in [1.54, 1.807) is 0 Å². The summed E-state index contributed by atoms with van der Waals surface area (Å²) < 4.78 is 2.46. The van der Waals surface area contributed by atoms with E-state index in [4.69, 9.17) is 0 Å². The summed E-state index contributed by atoms with van der Waals surface area (Å²) in [6.45, 7) is 2.16. The first-order valence-corrected chi connectivity index (χ1v) is 15.7. The largest absolute Gasteiger partial charge is 0.309 e. The van der Waals surface area contributed by atoms with Gasteiger partial charge in [0.2, 0.25) is 0 Å². The minimum atomic E-state index is -0.397. The van der Waals surface area contributed by atoms with E-state index in [0.29, 0.717) is 0 Å². The van der Waals surface area contributed by atoms with Crippen molar-refractivity contribution in [2.24, 2.45) is 0 Å². The molecule has 0 atom stereocenters. The summed E-state index contributed by atoms with van der Waals surface area (Å²) in [6, 6.07) is 62.7. The molecule has 1 aliphatic rings. The normalized spacial score (nSPS) is 13.2. The van der Waals surface area contributed by atoms with Crippen LogP contribution in [0, 0.1) is 6.92 Å². The molecule has 1 aliphatic carbocycles. The molecule has 1 nitrogen and oxygen atoms in total. The molecule has 45 heavy (non-hydrogen) atoms. The zero-order chi connectivity index (χ0) is 30.0. The van der Waals surface area contributed by atoms with Crippen LogP contribution in [0.4, 0.5) is 0 Å². The lowest BCUT2D eigenvalue weighted by molar-refractivity contribution is 0.768. The van der Waals surface area contributed by atoms with Crippen molar-refractivity contribution in [3.63, 3.8) is 0 Å². The Morgan fingerprint density at radius 2 is 1.07 bits per heavy atom. The van der Waals surface area contributed by atoms with E-state index < -0.39 is 5.41 Å². The van der Waals surface area contributed by atoms with Crippen LogP contribution in [-0.2, 0) is 5.41 Å². The number of aryl methyl sites for hydroxylation is 1. The Morgan fingerprint density at radius 3 is 1.84 bits per heavy atom. The van der Waals surface area contributed by atoms with Crippen molar-refractivity contribution in [1.82, 2.24) is 4.57 Å². The van der Waals surface area contributed by atoms with Crippen LogP contribution >= 0.6 is 0 Å². The highest BCUT2D eigenvalue weighted by molar-refractivity contribution is 6.10. The Bertz CT molecular complexity index is 2340. The summed E-state index contributed by atoms with van der Waals surface area (Å²) in [5.74, 6) is 0. The molecule has 0 aliphatic heterocycles. The second-order valence-corrected chi connectivity index (χ2v) is 12.2. The predicted molar refractivity (Wildman–Crippen MR) is 188 cm³/mol. The van der Waals surface area contributed by atoms with E-state index >= 15 is 0 Å². The molecule has 1 aromatic heterocycles. The van der Waals surface area contributed by atoms with Crippen molar-refractivity contribution in [3.8, 4) is 27.9 Å². The topological polar surface area (TPSA) is 4.93 Å². The van der Waals surface area contributed by atoms with Crippen molar-refractivity contribution in [3.05, 3.63) is 198 Å². The molecule has 0 saturated carbocycles. The quantitative estimate of drug-likeness (QED) is 0.197. The highest BCUT2D eigenvalue weighted by atomic mass is 15.0. The second-order valence-electron chi connectivity index (χ2n) is 12.2. The summed E-state index contributed by atoms with van der Waals surface area (Å²) in [6.07, 6.45) is 0. The number of para-hydroxylation sites is 1. The zero-order valence-electron chi connectivity index (χ0n) is 25.1. The third-order valence-corrected chi connectivity index (χ3v) is 9.73. The van der Waals surface area contributed by atoms with Gasteiger partial charge in [-0.05, 0) is 75.7 Å². The van der Waals surface area contributed by atoms with Crippen LogP contribution in [0.3, 0.4) is 0 Å². The van der Waals surface area contributed by atoms with Gasteiger partial charge in [0.25, 0.3) is 0 Å². The fourth-order valence-electron chi connectivity index (χ4n) is 7.83. The Morgan fingerprint density at radius 1 is 0.422 bits per heavy atom. The van der Waals surface area contributed by atoms with Gasteiger partial charge in [-0.1, -0.05) is 151 Å². The maximum absolute atomic E-state index is 2.46. The summed E-state index contributed by atoms with van der Waals surface area (Å²) in [4.78, 5) is 0. The summed E-state index contributed by atoms with van der Waals surface area (Å²) in [5, 5.41) is 2.54. The van der Waals surface area contributed by atoms with Crippen LogP contribution in [0.15, 0.2) is 170 Å². The highest BCUT2D eigenvalue weighted by Crippen LogP contribution is 2.56. The van der Waals surface area contributed by atoms with Crippen LogP contribution < -0.4 is 0 Å². The van der Waals surface area contributed by atoms with Crippen LogP contribution in [0.1, 0.15) is 27.8 Å². The van der Waals surface area contributed by atoms with E-state index in [1.165, 1.54) is 77.6 Å². The maximum atomic E-state index is 2.46. The average molecular weight is 574 g/mol. The molecular weight excluding hydrogens is 542 g/mol. The molecular formula is C44H31N. The molecule has 1 heterocycles. The fourth-order valence-corrected chi connectivity index (χ4v) is 7.83. The van der Waals surface area contributed by atoms with E-state index in [-0.39, 0.29) is 0 Å². The van der Waals surface area contributed by atoms with Gasteiger partial charge in [-0.3, -0.25) is 0 Å². The lowest BCUT2D eigenvalue weighted by atomic mass is 9.68. The monoisotopic (exact) mass is 573 g/mol. The Labute approximate surface area is 263 Å². The maximum Gasteiger partial charge on any atom is 0.0713 e. The predicted octanol–water partition coefficient (Wildman–Crippen LogP) is 11.1. The van der Waals surface area contributed by atoms with Gasteiger partial charge < -0.3 is 4.57 Å². The first-order valence-electron chi connectivity index (χ1n) is 15.7. The van der Waals surface area contributed by atoms with Gasteiger partial charge in [-0.15, -0.1) is 0 Å². The molecule has 7 aromatic carbocycles. The van der Waals surface area contributed by atoms with Crippen LogP contribution in [0.5, 0.6) is 0 Å². The van der Waals surface area contributed by atoms with E-state index in [0.717, 1.165) is 0 Å². The molecule has 0 N–H and O–H groups in total. The summed E-state index contributed by atoms with van der Waals surface area (Å²) >= 11 is 0. The number of nitrogens with zero attached hydrogens (tertiary/aromatic N) is 1. The van der Waals surface area contributed by atoms with Crippen molar-refractivity contribution < 1.29 is 0 Å². The Kier molecular flexibility index (Phi) is 5.70. The number of aromatic nitrogens is 1. The van der Waals surface area contributed by atoms with Gasteiger partial charge in [0, 0.05) is 16.5 Å². The lowest BCUT2D eigenvalue weighted by Gasteiger charge is -2.33. The average Bonchev–Trinajstić information content (AvgIpc) is 3.59. The van der Waals surface area contributed by atoms with Gasteiger partial charge in [-0.2, -0.15) is 0 Å². The molecule has 0 radical (unpaired) electrons. The van der Waals surface area contributed by atoms with Gasteiger partial charge in [0.05, 0.1) is 16.4 Å². The molecule has 212 valence electrons. The molecule has 1 heteroatoms. The van der Waals surface area contributed by atoms with Crippen molar-refractivity contribution in [2.75, 3.05) is 0 Å². The Balaban J connectivity index is 1.34. The summed E-state index contributed by atoms with van der Waals surface area (Å²) in [7, 11) is 0. The van der Waals surface area contributed by atoms with Gasteiger partial charge in [-0.25, -0.2) is 0 Å². The molecule has 0 saturated heterocycles. The standard InChI is InChI=1S/C44H31N/c1-30-13-12-14-31(27-30)32-23-25-38-37-20-9-11-22-42(37)45(43(38)28-32)35-24-26-41-39(29-35)36-19-8-10-21-40(36)44(41,33-15-4-2-5-16-33)34-17-6-3-7-18-34/h2-29H,1H3. The van der Waals surface area contributed by atoms with E-state index in [9.17, 15) is 0 Å². The minimum absolute atomic E-state index is 0.397. The zero-order valence-corrected chi connectivity index (χ0v) is 25.1. The number of hydrogen-bond donors (Lipinski definition) is 0. The molecule has 0 spiro atoms. The van der Waals surface area contributed by atoms with Crippen LogP contribution in [0.25, 0.3) is 49.7 Å². The molecule has 9 rings (SSSR count). The lowest BCUT2D eigenvalue weighted by Crippen LogP contribution is -2.28. The van der Waals surface area contributed by atoms with E-state index in [2.05, 4.69) is 181 Å². The summed E-state index contributed by atoms with van der Waals surface area (Å²) in [5.41, 5.74) is 14.8. The van der Waals surface area contributed by atoms with Crippen LogP contribution in [-0.4, -0.2) is 4.57 Å². The van der Waals surface area contributed by atoms with Gasteiger partial charge in [0.15, 0.2) is 0 Å². The van der Waals surface area contributed by atoms with Crippen molar-refractivity contribution in [1.29, 1.82) is 0 Å². The third-order valence-electron chi connectivity index (χ3n) is 9.73. The Hall–Kier alpha value is -5.66. The van der Waals surface area contributed by atoms with Crippen molar-refractivity contribution >= 4 is 21.8 Å². The fraction of sp³-hybridized carbons (Fsp3) is 0.0455. The van der Waals surface area contributed by atoms with Crippen LogP contribution in [0.2, 0.25) is 0 Å². The molecule has 0 fully saturated rings. The number of hydrogen-bond acceptors (Lipinski definition) is 0. The second kappa shape index (κ2) is 9.94. The highest BCUT2D eigenvalue weighted by Gasteiger charge is 2.46. The molecule has 0 amide bonds. The van der Waals surface area contributed by atoms with Gasteiger partial charge in [0.1, 0.15) is 0 Å².